The highest BCUT2D eigenvalue weighted by atomic mass is 32.2. The lowest BCUT2D eigenvalue weighted by atomic mass is 9.98. The highest BCUT2D eigenvalue weighted by Gasteiger charge is 2.20. The molecule has 2 aromatic rings. The first-order valence-electron chi connectivity index (χ1n) is 6.86. The zero-order chi connectivity index (χ0) is 15.9. The van der Waals surface area contributed by atoms with Gasteiger partial charge in [-0.3, -0.25) is 14.3 Å². The van der Waals surface area contributed by atoms with Crippen LogP contribution in [0.5, 0.6) is 0 Å². The Morgan fingerprint density at radius 2 is 2.00 bits per heavy atom. The average molecular weight is 344 g/mol. The number of hydrogen-bond acceptors (Lipinski definition) is 6. The number of fused-ring (bicyclic) bond motifs is 1. The van der Waals surface area contributed by atoms with Crippen LogP contribution in [-0.4, -0.2) is 31.1 Å². The molecule has 1 aliphatic rings. The molecular weight excluding hydrogens is 328 g/mol. The molecule has 2 aromatic heterocycles. The molecule has 0 aromatic carbocycles. The predicted molar refractivity (Wildman–Crippen MR) is 83.7 cm³/mol. The van der Waals surface area contributed by atoms with E-state index in [-0.39, 0.29) is 9.60 Å². The molecule has 1 fully saturated rings. The van der Waals surface area contributed by atoms with Crippen molar-refractivity contribution in [1.82, 2.24) is 14.9 Å². The maximum atomic E-state index is 12.1. The van der Waals surface area contributed by atoms with Crippen molar-refractivity contribution < 1.29 is 8.42 Å². The maximum absolute atomic E-state index is 12.1. The van der Waals surface area contributed by atoms with Crippen LogP contribution in [0.2, 0.25) is 0 Å². The summed E-state index contributed by atoms with van der Waals surface area (Å²) in [7, 11) is -3.90. The topological polar surface area (TPSA) is 127 Å². The minimum Gasteiger partial charge on any atom is -0.317 e. The Labute approximate surface area is 130 Å². The summed E-state index contributed by atoms with van der Waals surface area (Å²) in [6, 6.07) is 1.23. The molecule has 0 saturated carbocycles. The number of thiophene rings is 1. The number of nitrogens with one attached hydrogen (secondary N) is 2. The fourth-order valence-electron chi connectivity index (χ4n) is 2.68. The van der Waals surface area contributed by atoms with E-state index >= 15 is 0 Å². The molecule has 1 aliphatic heterocycles. The number of sulfonamides is 1. The van der Waals surface area contributed by atoms with Crippen molar-refractivity contribution in [3.05, 3.63) is 26.9 Å². The van der Waals surface area contributed by atoms with Crippen LogP contribution in [0.4, 0.5) is 0 Å². The Morgan fingerprint density at radius 3 is 2.64 bits per heavy atom. The number of H-pyrrole nitrogens is 1. The lowest BCUT2D eigenvalue weighted by Gasteiger charge is -2.23. The molecule has 0 radical (unpaired) electrons. The summed E-state index contributed by atoms with van der Waals surface area (Å²) >= 11 is 0.862. The second-order valence-electron chi connectivity index (χ2n) is 5.39. The van der Waals surface area contributed by atoms with E-state index in [4.69, 9.17) is 5.14 Å². The number of hydrogen-bond donors (Lipinski definition) is 3. The number of nitrogens with two attached hydrogens (primary N) is 1. The molecule has 8 nitrogen and oxygen atoms in total. The van der Waals surface area contributed by atoms with Crippen molar-refractivity contribution in [2.45, 2.75) is 23.6 Å². The Balaban J connectivity index is 2.14. The van der Waals surface area contributed by atoms with Gasteiger partial charge in [-0.25, -0.2) is 18.4 Å². The highest BCUT2D eigenvalue weighted by molar-refractivity contribution is 7.91. The quantitative estimate of drug-likeness (QED) is 0.685. The summed E-state index contributed by atoms with van der Waals surface area (Å²) in [5.41, 5.74) is -1.11. The minimum atomic E-state index is -3.90. The van der Waals surface area contributed by atoms with E-state index in [1.807, 2.05) is 0 Å². The molecule has 0 unspecified atom stereocenters. The van der Waals surface area contributed by atoms with Crippen LogP contribution < -0.4 is 21.7 Å². The summed E-state index contributed by atoms with van der Waals surface area (Å²) < 4.78 is 24.3. The zero-order valence-corrected chi connectivity index (χ0v) is 13.3. The fraction of sp³-hybridized carbons (Fsp3) is 0.500. The van der Waals surface area contributed by atoms with Crippen molar-refractivity contribution >= 4 is 31.6 Å². The third-order valence-corrected chi connectivity index (χ3v) is 6.40. The van der Waals surface area contributed by atoms with Gasteiger partial charge in [0.1, 0.15) is 9.04 Å². The fourth-order valence-corrected chi connectivity index (χ4v) is 4.56. The van der Waals surface area contributed by atoms with Gasteiger partial charge in [0.15, 0.2) is 0 Å². The Bertz CT molecular complexity index is 919. The molecule has 0 bridgehead atoms. The number of piperidine rings is 1. The normalized spacial score (nSPS) is 17.1. The monoisotopic (exact) mass is 344 g/mol. The first-order valence-corrected chi connectivity index (χ1v) is 9.23. The van der Waals surface area contributed by atoms with Crippen LogP contribution in [0.25, 0.3) is 10.2 Å². The summed E-state index contributed by atoms with van der Waals surface area (Å²) in [5.74, 6) is 0.313. The van der Waals surface area contributed by atoms with Gasteiger partial charge in [-0.2, -0.15) is 0 Å². The van der Waals surface area contributed by atoms with Crippen LogP contribution in [-0.2, 0) is 16.6 Å². The second-order valence-corrected chi connectivity index (χ2v) is 8.21. The van der Waals surface area contributed by atoms with E-state index < -0.39 is 21.3 Å². The summed E-state index contributed by atoms with van der Waals surface area (Å²) in [6.07, 6.45) is 1.86. The van der Waals surface area contributed by atoms with E-state index in [1.54, 1.807) is 0 Å². The SMILES string of the molecule is NS(=O)(=O)c1cc2c(=O)[nH]c(=O)n(CC3CCNCC3)c2s1. The van der Waals surface area contributed by atoms with Gasteiger partial charge in [-0.15, -0.1) is 11.3 Å². The first kappa shape index (κ1) is 15.4. The number of aromatic amines is 1. The van der Waals surface area contributed by atoms with E-state index in [0.717, 1.165) is 37.3 Å². The molecule has 3 heterocycles. The molecule has 0 aliphatic carbocycles. The highest BCUT2D eigenvalue weighted by Crippen LogP contribution is 2.26. The molecule has 0 amide bonds. The van der Waals surface area contributed by atoms with Gasteiger partial charge in [0.05, 0.1) is 5.39 Å². The number of nitrogens with zero attached hydrogens (tertiary/aromatic N) is 1. The summed E-state index contributed by atoms with van der Waals surface area (Å²) in [4.78, 5) is 26.6. The summed E-state index contributed by atoms with van der Waals surface area (Å²) in [5, 5.41) is 8.55. The van der Waals surface area contributed by atoms with Crippen LogP contribution in [0.3, 0.4) is 0 Å². The Hall–Kier alpha value is -1.49. The minimum absolute atomic E-state index is 0.113. The van der Waals surface area contributed by atoms with Gasteiger partial charge in [0, 0.05) is 6.54 Å². The number of primary sulfonamides is 1. The average Bonchev–Trinajstić information content (AvgIpc) is 2.90. The first-order chi connectivity index (χ1) is 10.4. The molecule has 0 atom stereocenters. The summed E-state index contributed by atoms with van der Waals surface area (Å²) in [6.45, 7) is 2.23. The van der Waals surface area contributed by atoms with Gasteiger partial charge in [0.2, 0.25) is 10.0 Å². The molecule has 0 spiro atoms. The van der Waals surface area contributed by atoms with Crippen LogP contribution >= 0.6 is 11.3 Å². The smallest absolute Gasteiger partial charge is 0.317 e. The molecule has 22 heavy (non-hydrogen) atoms. The number of aromatic nitrogens is 2. The maximum Gasteiger partial charge on any atom is 0.329 e. The van der Waals surface area contributed by atoms with Crippen LogP contribution in [0.15, 0.2) is 19.9 Å². The molecule has 120 valence electrons. The lowest BCUT2D eigenvalue weighted by Crippen LogP contribution is -2.35. The third-order valence-electron chi connectivity index (χ3n) is 3.83. The van der Waals surface area contributed by atoms with Crippen LogP contribution in [0, 0.1) is 5.92 Å². The van der Waals surface area contributed by atoms with Crippen LogP contribution in [0.1, 0.15) is 12.8 Å². The molecule has 3 rings (SSSR count). The molecular formula is C12H16N4O4S2. The van der Waals surface area contributed by atoms with Gasteiger partial charge < -0.3 is 5.32 Å². The largest absolute Gasteiger partial charge is 0.329 e. The molecule has 1 saturated heterocycles. The standard InChI is InChI=1S/C12H16N4O4S2/c13-22(19,20)9-5-8-10(17)15-12(18)16(11(8)21-9)6-7-1-3-14-4-2-7/h5,7,14H,1-4,6H2,(H2,13,19,20)(H,15,17,18). The third kappa shape index (κ3) is 2.86. The van der Waals surface area contributed by atoms with Crippen molar-refractivity contribution in [1.29, 1.82) is 0 Å². The van der Waals surface area contributed by atoms with Crippen molar-refractivity contribution in [3.8, 4) is 0 Å². The van der Waals surface area contributed by atoms with Gasteiger partial charge in [-0.05, 0) is 37.9 Å². The Kier molecular flexibility index (Phi) is 3.93. The van der Waals surface area contributed by atoms with E-state index in [9.17, 15) is 18.0 Å². The van der Waals surface area contributed by atoms with Gasteiger partial charge in [0.25, 0.3) is 5.56 Å². The van der Waals surface area contributed by atoms with Crippen molar-refractivity contribution in [2.24, 2.45) is 11.1 Å². The van der Waals surface area contributed by atoms with Crippen molar-refractivity contribution in [3.63, 3.8) is 0 Å². The number of rotatable bonds is 3. The zero-order valence-electron chi connectivity index (χ0n) is 11.7. The molecule has 10 heteroatoms. The lowest BCUT2D eigenvalue weighted by molar-refractivity contribution is 0.332. The van der Waals surface area contributed by atoms with Crippen molar-refractivity contribution in [2.75, 3.05) is 13.1 Å². The van der Waals surface area contributed by atoms with E-state index in [1.165, 1.54) is 10.6 Å². The van der Waals surface area contributed by atoms with E-state index in [2.05, 4.69) is 10.3 Å². The van der Waals surface area contributed by atoms with Gasteiger partial charge in [-0.1, -0.05) is 0 Å². The van der Waals surface area contributed by atoms with E-state index in [0.29, 0.717) is 17.3 Å². The van der Waals surface area contributed by atoms with Gasteiger partial charge >= 0.3 is 5.69 Å². The Morgan fingerprint density at radius 1 is 1.32 bits per heavy atom. The second kappa shape index (κ2) is 5.61. The molecule has 4 N–H and O–H groups in total. The predicted octanol–water partition coefficient (Wildman–Crippen LogP) is -0.602.